The summed E-state index contributed by atoms with van der Waals surface area (Å²) < 4.78 is 5.39. The molecule has 0 unspecified atom stereocenters. The molecule has 1 aromatic rings. The van der Waals surface area contributed by atoms with Crippen LogP contribution in [-0.2, 0) is 20.9 Å². The van der Waals surface area contributed by atoms with Crippen LogP contribution in [0.3, 0.4) is 0 Å². The van der Waals surface area contributed by atoms with Gasteiger partial charge in [0.2, 0.25) is 11.8 Å². The van der Waals surface area contributed by atoms with Gasteiger partial charge in [-0.05, 0) is 43.4 Å². The van der Waals surface area contributed by atoms with Gasteiger partial charge < -0.3 is 19.9 Å². The van der Waals surface area contributed by atoms with E-state index in [9.17, 15) is 9.59 Å². The Balaban J connectivity index is 1.21. The number of carbonyl (C=O) groups excluding carboxylic acids is 2. The van der Waals surface area contributed by atoms with E-state index in [0.29, 0.717) is 12.5 Å². The van der Waals surface area contributed by atoms with E-state index in [1.165, 1.54) is 5.69 Å². The number of rotatable bonds is 5. The molecule has 3 fully saturated rings. The summed E-state index contributed by atoms with van der Waals surface area (Å²) in [7, 11) is 0. The van der Waals surface area contributed by atoms with Gasteiger partial charge in [-0.15, -0.1) is 0 Å². The van der Waals surface area contributed by atoms with Crippen molar-refractivity contribution >= 4 is 17.5 Å². The van der Waals surface area contributed by atoms with E-state index < -0.39 is 0 Å². The van der Waals surface area contributed by atoms with Crippen LogP contribution in [0.1, 0.15) is 31.2 Å². The van der Waals surface area contributed by atoms with Gasteiger partial charge in [0, 0.05) is 50.2 Å². The van der Waals surface area contributed by atoms with Gasteiger partial charge in [-0.25, -0.2) is 0 Å². The van der Waals surface area contributed by atoms with Crippen molar-refractivity contribution in [3.05, 3.63) is 29.8 Å². The quantitative estimate of drug-likeness (QED) is 0.857. The molecule has 1 aromatic carbocycles. The molecular formula is C21H29N3O3. The van der Waals surface area contributed by atoms with Crippen LogP contribution >= 0.6 is 0 Å². The van der Waals surface area contributed by atoms with Gasteiger partial charge in [0.25, 0.3) is 0 Å². The molecule has 2 aliphatic heterocycles. The third kappa shape index (κ3) is 4.61. The van der Waals surface area contributed by atoms with Gasteiger partial charge in [0.1, 0.15) is 0 Å². The third-order valence-corrected chi connectivity index (χ3v) is 5.88. The lowest BCUT2D eigenvalue weighted by molar-refractivity contribution is -0.136. The predicted octanol–water partition coefficient (Wildman–Crippen LogP) is 1.79. The van der Waals surface area contributed by atoms with Crippen LogP contribution in [-0.4, -0.2) is 56.1 Å². The molecule has 4 rings (SSSR count). The van der Waals surface area contributed by atoms with E-state index in [0.717, 1.165) is 70.6 Å². The monoisotopic (exact) mass is 371 g/mol. The molecule has 2 saturated heterocycles. The van der Waals surface area contributed by atoms with Crippen LogP contribution < -0.4 is 10.2 Å². The molecule has 2 amide bonds. The Morgan fingerprint density at radius 1 is 0.926 bits per heavy atom. The Morgan fingerprint density at radius 3 is 2.22 bits per heavy atom. The summed E-state index contributed by atoms with van der Waals surface area (Å²) in [5.41, 5.74) is 2.32. The van der Waals surface area contributed by atoms with Crippen molar-refractivity contribution in [2.75, 3.05) is 44.3 Å². The van der Waals surface area contributed by atoms with E-state index in [1.54, 1.807) is 0 Å². The summed E-state index contributed by atoms with van der Waals surface area (Å²) >= 11 is 0. The van der Waals surface area contributed by atoms with Crippen LogP contribution in [0.4, 0.5) is 5.69 Å². The highest BCUT2D eigenvalue weighted by atomic mass is 16.5. The standard InChI is InChI=1S/C21H29N3O3/c25-20(17-7-9-24(10-8-17)21(26)18-3-4-18)22-15-16-1-5-19(6-2-16)23-11-13-27-14-12-23/h1-2,5-6,17-18H,3-4,7-15H2,(H,22,25). The maximum atomic E-state index is 12.5. The molecule has 1 aliphatic carbocycles. The van der Waals surface area contributed by atoms with Crippen molar-refractivity contribution in [3.63, 3.8) is 0 Å². The van der Waals surface area contributed by atoms with Gasteiger partial charge in [-0.3, -0.25) is 9.59 Å². The zero-order valence-electron chi connectivity index (χ0n) is 15.9. The smallest absolute Gasteiger partial charge is 0.225 e. The first kappa shape index (κ1) is 18.3. The van der Waals surface area contributed by atoms with Crippen molar-refractivity contribution in [1.82, 2.24) is 10.2 Å². The predicted molar refractivity (Wildman–Crippen MR) is 103 cm³/mol. The van der Waals surface area contributed by atoms with E-state index in [4.69, 9.17) is 4.74 Å². The Kier molecular flexibility index (Phi) is 5.62. The fourth-order valence-corrected chi connectivity index (χ4v) is 3.93. The van der Waals surface area contributed by atoms with Crippen molar-refractivity contribution in [1.29, 1.82) is 0 Å². The largest absolute Gasteiger partial charge is 0.378 e. The fraction of sp³-hybridized carbons (Fsp3) is 0.619. The van der Waals surface area contributed by atoms with Crippen molar-refractivity contribution in [2.45, 2.75) is 32.2 Å². The number of carbonyl (C=O) groups is 2. The summed E-state index contributed by atoms with van der Waals surface area (Å²) in [5.74, 6) is 0.719. The first-order valence-corrected chi connectivity index (χ1v) is 10.2. The summed E-state index contributed by atoms with van der Waals surface area (Å²) in [6.45, 7) is 5.43. The summed E-state index contributed by atoms with van der Waals surface area (Å²) in [4.78, 5) is 28.8. The highest BCUT2D eigenvalue weighted by Gasteiger charge is 2.35. The first-order valence-electron chi connectivity index (χ1n) is 10.2. The van der Waals surface area contributed by atoms with Gasteiger partial charge in [0.15, 0.2) is 0 Å². The summed E-state index contributed by atoms with van der Waals surface area (Å²) in [6.07, 6.45) is 3.65. The zero-order chi connectivity index (χ0) is 18.6. The number of ether oxygens (including phenoxy) is 1. The normalized spacial score (nSPS) is 21.2. The molecular weight excluding hydrogens is 342 g/mol. The summed E-state index contributed by atoms with van der Waals surface area (Å²) in [6, 6.07) is 8.41. The van der Waals surface area contributed by atoms with Gasteiger partial charge in [-0.1, -0.05) is 12.1 Å². The fourth-order valence-electron chi connectivity index (χ4n) is 3.93. The molecule has 0 aromatic heterocycles. The SMILES string of the molecule is O=C(NCc1ccc(N2CCOCC2)cc1)C1CCN(C(=O)C2CC2)CC1. The number of amides is 2. The molecule has 6 heteroatoms. The Hall–Kier alpha value is -2.08. The van der Waals surface area contributed by atoms with Crippen LogP contribution in [0, 0.1) is 11.8 Å². The van der Waals surface area contributed by atoms with E-state index >= 15 is 0 Å². The second kappa shape index (κ2) is 8.30. The van der Waals surface area contributed by atoms with Crippen LogP contribution in [0.2, 0.25) is 0 Å². The highest BCUT2D eigenvalue weighted by molar-refractivity contribution is 5.82. The molecule has 1 N–H and O–H groups in total. The van der Waals surface area contributed by atoms with Crippen LogP contribution in [0.15, 0.2) is 24.3 Å². The molecule has 146 valence electrons. The Labute approximate surface area is 160 Å². The minimum atomic E-state index is 0.0286. The van der Waals surface area contributed by atoms with Crippen LogP contribution in [0.25, 0.3) is 0 Å². The number of morpholine rings is 1. The first-order chi connectivity index (χ1) is 13.2. The number of benzene rings is 1. The molecule has 0 bridgehead atoms. The number of hydrogen-bond donors (Lipinski definition) is 1. The number of nitrogens with one attached hydrogen (secondary N) is 1. The van der Waals surface area contributed by atoms with E-state index in [-0.39, 0.29) is 17.7 Å². The highest BCUT2D eigenvalue weighted by Crippen LogP contribution is 2.32. The topological polar surface area (TPSA) is 61.9 Å². The lowest BCUT2D eigenvalue weighted by Crippen LogP contribution is -2.43. The lowest BCUT2D eigenvalue weighted by atomic mass is 9.95. The molecule has 27 heavy (non-hydrogen) atoms. The number of hydrogen-bond acceptors (Lipinski definition) is 4. The molecule has 3 aliphatic rings. The Bertz CT molecular complexity index is 658. The minimum absolute atomic E-state index is 0.0286. The third-order valence-electron chi connectivity index (χ3n) is 5.88. The number of nitrogens with zero attached hydrogens (tertiary/aromatic N) is 2. The zero-order valence-corrected chi connectivity index (χ0v) is 15.9. The van der Waals surface area contributed by atoms with Crippen molar-refractivity contribution in [2.24, 2.45) is 11.8 Å². The molecule has 6 nitrogen and oxygen atoms in total. The summed E-state index contributed by atoms with van der Waals surface area (Å²) in [5, 5.41) is 3.07. The van der Waals surface area contributed by atoms with Gasteiger partial charge in [-0.2, -0.15) is 0 Å². The second-order valence-corrected chi connectivity index (χ2v) is 7.86. The average molecular weight is 371 g/mol. The average Bonchev–Trinajstić information content (AvgIpc) is 3.58. The van der Waals surface area contributed by atoms with E-state index in [2.05, 4.69) is 34.5 Å². The van der Waals surface area contributed by atoms with Crippen LogP contribution in [0.5, 0.6) is 0 Å². The maximum Gasteiger partial charge on any atom is 0.225 e. The molecule has 1 saturated carbocycles. The van der Waals surface area contributed by atoms with Gasteiger partial charge in [0.05, 0.1) is 13.2 Å². The number of anilines is 1. The molecule has 0 spiro atoms. The number of likely N-dealkylation sites (tertiary alicyclic amines) is 1. The minimum Gasteiger partial charge on any atom is -0.378 e. The van der Waals surface area contributed by atoms with Crippen molar-refractivity contribution < 1.29 is 14.3 Å². The Morgan fingerprint density at radius 2 is 1.59 bits per heavy atom. The van der Waals surface area contributed by atoms with E-state index in [1.807, 2.05) is 4.90 Å². The lowest BCUT2D eigenvalue weighted by Gasteiger charge is -2.31. The second-order valence-electron chi connectivity index (χ2n) is 7.86. The number of piperidine rings is 1. The molecule has 2 heterocycles. The maximum absolute atomic E-state index is 12.5. The van der Waals surface area contributed by atoms with Crippen molar-refractivity contribution in [3.8, 4) is 0 Å². The molecule has 0 atom stereocenters. The van der Waals surface area contributed by atoms with Gasteiger partial charge >= 0.3 is 0 Å². The molecule has 0 radical (unpaired) electrons.